The molecule has 3 rings (SSSR count). The van der Waals surface area contributed by atoms with Gasteiger partial charge in [0.05, 0.1) is 12.5 Å². The number of unbranched alkanes of at least 4 members (excludes halogenated alkanes) is 7. The van der Waals surface area contributed by atoms with Crippen molar-refractivity contribution in [1.29, 1.82) is 0 Å². The maximum Gasteiger partial charge on any atom is 0.309 e. The first-order valence-electron chi connectivity index (χ1n) is 17.1. The molecule has 0 heterocycles. The molecule has 3 aromatic carbocycles. The molecule has 0 spiro atoms. The van der Waals surface area contributed by atoms with Gasteiger partial charge in [-0.25, -0.2) is 0 Å². The number of carbonyl (C=O) groups is 2. The largest absolute Gasteiger partial charge is 0.507 e. The fourth-order valence-electron chi connectivity index (χ4n) is 5.15. The Bertz CT molecular complexity index is 1340. The summed E-state index contributed by atoms with van der Waals surface area (Å²) in [5, 5.41) is 20.0. The van der Waals surface area contributed by atoms with Crippen molar-refractivity contribution in [2.45, 2.75) is 97.5 Å². The molecule has 2 unspecified atom stereocenters. The van der Waals surface area contributed by atoms with Gasteiger partial charge in [-0.3, -0.25) is 9.59 Å². The van der Waals surface area contributed by atoms with E-state index in [4.69, 9.17) is 9.47 Å². The smallest absolute Gasteiger partial charge is 0.309 e. The highest BCUT2D eigenvalue weighted by atomic mass is 16.5. The predicted molar refractivity (Wildman–Crippen MR) is 186 cm³/mol. The van der Waals surface area contributed by atoms with Crippen LogP contribution in [0, 0.1) is 5.92 Å². The molecule has 2 atom stereocenters. The van der Waals surface area contributed by atoms with E-state index in [1.165, 1.54) is 51.0 Å². The molecule has 3 aromatic rings. The molecule has 0 aromatic heterocycles. The number of allylic oxidation sites excluding steroid dienone is 1. The van der Waals surface area contributed by atoms with E-state index < -0.39 is 6.10 Å². The zero-order valence-corrected chi connectivity index (χ0v) is 27.9. The first kappa shape index (κ1) is 36.6. The van der Waals surface area contributed by atoms with Gasteiger partial charge in [-0.2, -0.15) is 0 Å². The summed E-state index contributed by atoms with van der Waals surface area (Å²) >= 11 is 0. The van der Waals surface area contributed by atoms with Crippen molar-refractivity contribution in [1.82, 2.24) is 0 Å². The molecular weight excluding hydrogens is 576 g/mol. The van der Waals surface area contributed by atoms with E-state index in [9.17, 15) is 19.8 Å². The normalized spacial score (nSPS) is 12.8. The number of carbonyl (C=O) groups excluding carboxylic acids is 2. The van der Waals surface area contributed by atoms with E-state index in [-0.39, 0.29) is 30.0 Å². The zero-order valence-electron chi connectivity index (χ0n) is 27.9. The van der Waals surface area contributed by atoms with Crippen LogP contribution in [-0.4, -0.2) is 35.2 Å². The summed E-state index contributed by atoms with van der Waals surface area (Å²) in [4.78, 5) is 25.3. The van der Waals surface area contributed by atoms with Gasteiger partial charge in [0.25, 0.3) is 0 Å². The van der Waals surface area contributed by atoms with E-state index in [1.54, 1.807) is 36.4 Å². The molecule has 46 heavy (non-hydrogen) atoms. The van der Waals surface area contributed by atoms with E-state index >= 15 is 0 Å². The SMILES string of the molecule is CCCCCCCCCCOc1ccc(-c2ccc(C(O)=CC(=O)c3ccc(C(CCCO)OC(=O)C(C)CC)cc3)cc2)cc1. The maximum absolute atomic E-state index is 12.9. The highest BCUT2D eigenvalue weighted by Gasteiger charge is 2.20. The summed E-state index contributed by atoms with van der Waals surface area (Å²) in [6.07, 6.45) is 12.6. The van der Waals surface area contributed by atoms with Crippen LogP contribution in [-0.2, 0) is 9.53 Å². The minimum Gasteiger partial charge on any atom is -0.507 e. The van der Waals surface area contributed by atoms with Crippen LogP contribution in [0.1, 0.15) is 119 Å². The number of ether oxygens (including phenoxy) is 2. The fourth-order valence-corrected chi connectivity index (χ4v) is 5.15. The molecule has 0 saturated heterocycles. The minimum absolute atomic E-state index is 0.000316. The van der Waals surface area contributed by atoms with Crippen molar-refractivity contribution in [3.8, 4) is 16.9 Å². The lowest BCUT2D eigenvalue weighted by molar-refractivity contribution is -0.154. The highest BCUT2D eigenvalue weighted by Crippen LogP contribution is 2.27. The number of aliphatic hydroxyl groups is 2. The molecule has 0 bridgehead atoms. The first-order valence-corrected chi connectivity index (χ1v) is 17.1. The maximum atomic E-state index is 12.9. The molecular formula is C40H52O6. The summed E-state index contributed by atoms with van der Waals surface area (Å²) < 4.78 is 11.6. The lowest BCUT2D eigenvalue weighted by Gasteiger charge is -2.20. The second kappa shape index (κ2) is 20.3. The fraction of sp³-hybridized carbons (Fsp3) is 0.450. The molecule has 0 aliphatic carbocycles. The van der Waals surface area contributed by atoms with Crippen molar-refractivity contribution in [2.75, 3.05) is 13.2 Å². The van der Waals surface area contributed by atoms with Gasteiger partial charge < -0.3 is 19.7 Å². The molecule has 0 aliphatic heterocycles. The van der Waals surface area contributed by atoms with Crippen LogP contribution in [0.3, 0.4) is 0 Å². The van der Waals surface area contributed by atoms with E-state index in [0.29, 0.717) is 30.4 Å². The van der Waals surface area contributed by atoms with Crippen LogP contribution in [0.4, 0.5) is 0 Å². The summed E-state index contributed by atoms with van der Waals surface area (Å²) in [7, 11) is 0. The topological polar surface area (TPSA) is 93.1 Å². The molecule has 6 heteroatoms. The molecule has 2 N–H and O–H groups in total. The van der Waals surface area contributed by atoms with Gasteiger partial charge in [0.15, 0.2) is 5.78 Å². The van der Waals surface area contributed by atoms with Gasteiger partial charge in [0.2, 0.25) is 0 Å². The quantitative estimate of drug-likeness (QED) is 0.0401. The molecule has 0 amide bonds. The van der Waals surface area contributed by atoms with Crippen LogP contribution in [0.2, 0.25) is 0 Å². The lowest BCUT2D eigenvalue weighted by Crippen LogP contribution is -2.18. The molecule has 0 aliphatic rings. The zero-order chi connectivity index (χ0) is 33.1. The van der Waals surface area contributed by atoms with Crippen LogP contribution in [0.25, 0.3) is 16.9 Å². The van der Waals surface area contributed by atoms with Gasteiger partial charge in [0, 0.05) is 23.8 Å². The third kappa shape index (κ3) is 12.1. The monoisotopic (exact) mass is 628 g/mol. The Kier molecular flexibility index (Phi) is 16.1. The van der Waals surface area contributed by atoms with Crippen molar-refractivity contribution in [2.24, 2.45) is 5.92 Å². The minimum atomic E-state index is -0.497. The Morgan fingerprint density at radius 2 is 1.30 bits per heavy atom. The molecule has 248 valence electrons. The number of rotatable bonds is 21. The Balaban J connectivity index is 1.53. The summed E-state index contributed by atoms with van der Waals surface area (Å²) in [5.74, 6) is -0.0788. The van der Waals surface area contributed by atoms with Crippen LogP contribution >= 0.6 is 0 Å². The predicted octanol–water partition coefficient (Wildman–Crippen LogP) is 10.1. The van der Waals surface area contributed by atoms with Crippen molar-refractivity contribution in [3.63, 3.8) is 0 Å². The summed E-state index contributed by atoms with van der Waals surface area (Å²) in [6.45, 7) is 6.73. The lowest BCUT2D eigenvalue weighted by atomic mass is 10.00. The van der Waals surface area contributed by atoms with Crippen LogP contribution < -0.4 is 4.74 Å². The Morgan fingerprint density at radius 3 is 1.89 bits per heavy atom. The number of aliphatic hydroxyl groups excluding tert-OH is 2. The van der Waals surface area contributed by atoms with Crippen molar-refractivity contribution < 1.29 is 29.3 Å². The average molecular weight is 629 g/mol. The second-order valence-corrected chi connectivity index (χ2v) is 12.0. The van der Waals surface area contributed by atoms with Gasteiger partial charge in [-0.1, -0.05) is 126 Å². The third-order valence-electron chi connectivity index (χ3n) is 8.37. The Labute approximate surface area is 275 Å². The van der Waals surface area contributed by atoms with E-state index in [1.807, 2.05) is 50.2 Å². The number of benzene rings is 3. The first-order chi connectivity index (χ1) is 22.4. The highest BCUT2D eigenvalue weighted by molar-refractivity contribution is 6.07. The summed E-state index contributed by atoms with van der Waals surface area (Å²) in [6, 6.07) is 22.3. The summed E-state index contributed by atoms with van der Waals surface area (Å²) in [5.41, 5.74) is 3.75. The number of hydrogen-bond donors (Lipinski definition) is 2. The van der Waals surface area contributed by atoms with Crippen molar-refractivity contribution in [3.05, 3.63) is 95.6 Å². The van der Waals surface area contributed by atoms with Gasteiger partial charge in [-0.15, -0.1) is 0 Å². The van der Waals surface area contributed by atoms with E-state index in [2.05, 4.69) is 6.92 Å². The molecule has 6 nitrogen and oxygen atoms in total. The van der Waals surface area contributed by atoms with Crippen LogP contribution in [0.15, 0.2) is 78.9 Å². The van der Waals surface area contributed by atoms with Gasteiger partial charge in [0.1, 0.15) is 17.6 Å². The second-order valence-electron chi connectivity index (χ2n) is 12.0. The van der Waals surface area contributed by atoms with E-state index in [0.717, 1.165) is 35.5 Å². The average Bonchev–Trinajstić information content (AvgIpc) is 3.09. The standard InChI is InChI=1S/C40H52O6/c1-4-6-7-8-9-10-11-12-28-45-36-25-23-32(24-26-36)31-15-17-33(18-16-31)37(42)29-38(43)34-19-21-35(22-20-34)39(14-13-27-41)46-40(44)30(3)5-2/h15-26,29-30,39,41-42H,4-14,27-28H2,1-3H3. The molecule has 0 fully saturated rings. The van der Waals surface area contributed by atoms with Gasteiger partial charge >= 0.3 is 5.97 Å². The number of esters is 1. The van der Waals surface area contributed by atoms with Crippen molar-refractivity contribution >= 4 is 17.5 Å². The third-order valence-corrected chi connectivity index (χ3v) is 8.37. The number of hydrogen-bond acceptors (Lipinski definition) is 6. The number of ketones is 1. The molecule has 0 saturated carbocycles. The van der Waals surface area contributed by atoms with Crippen LogP contribution in [0.5, 0.6) is 5.75 Å². The molecule has 0 radical (unpaired) electrons. The Hall–Kier alpha value is -3.90. The Morgan fingerprint density at radius 1 is 0.739 bits per heavy atom. The van der Waals surface area contributed by atoms with Gasteiger partial charge in [-0.05, 0) is 54.5 Å².